The molecule has 2 heterocycles. The number of benzene rings is 1. The van der Waals surface area contributed by atoms with Crippen molar-refractivity contribution in [1.82, 2.24) is 15.3 Å². The Morgan fingerprint density at radius 2 is 1.72 bits per heavy atom. The Balaban J connectivity index is 1.91. The summed E-state index contributed by atoms with van der Waals surface area (Å²) in [5.41, 5.74) is 8.52. The van der Waals surface area contributed by atoms with Crippen molar-refractivity contribution in [2.24, 2.45) is 17.1 Å². The van der Waals surface area contributed by atoms with Crippen LogP contribution in [0.15, 0.2) is 59.3 Å². The van der Waals surface area contributed by atoms with Gasteiger partial charge >= 0.3 is 0 Å². The lowest BCUT2D eigenvalue weighted by Crippen LogP contribution is -2.49. The number of amides is 1. The van der Waals surface area contributed by atoms with Gasteiger partial charge in [0.15, 0.2) is 5.76 Å². The number of aryl methyl sites for hydroxylation is 1. The van der Waals surface area contributed by atoms with E-state index >= 15 is 0 Å². The van der Waals surface area contributed by atoms with Gasteiger partial charge in [0.2, 0.25) is 17.6 Å². The monoisotopic (exact) mass is 490 g/mol. The van der Waals surface area contributed by atoms with Crippen molar-refractivity contribution in [3.05, 3.63) is 71.9 Å². The molecule has 0 fully saturated rings. The van der Waals surface area contributed by atoms with Crippen LogP contribution in [-0.4, -0.2) is 33.7 Å². The van der Waals surface area contributed by atoms with Crippen LogP contribution in [0.3, 0.4) is 0 Å². The average molecular weight is 491 g/mol. The van der Waals surface area contributed by atoms with Crippen LogP contribution in [-0.2, 0) is 17.6 Å². The van der Waals surface area contributed by atoms with Crippen LogP contribution >= 0.6 is 0 Å². The highest BCUT2D eigenvalue weighted by Crippen LogP contribution is 2.26. The molecule has 3 aromatic rings. The maximum absolute atomic E-state index is 13.9. The van der Waals surface area contributed by atoms with Crippen molar-refractivity contribution >= 4 is 11.7 Å². The molecule has 0 saturated carbocycles. The Bertz CT molecular complexity index is 1130. The average Bonchev–Trinajstić information content (AvgIpc) is 3.24. The van der Waals surface area contributed by atoms with Crippen molar-refractivity contribution in [3.63, 3.8) is 0 Å². The summed E-state index contributed by atoms with van der Waals surface area (Å²) in [6, 6.07) is 12.0. The van der Waals surface area contributed by atoms with Gasteiger partial charge < -0.3 is 15.5 Å². The molecular formula is C29H38N4O3. The molecule has 0 saturated heterocycles. The second kappa shape index (κ2) is 12.1. The van der Waals surface area contributed by atoms with Crippen molar-refractivity contribution < 1.29 is 14.0 Å². The molecule has 0 radical (unpaired) electrons. The first-order valence-corrected chi connectivity index (χ1v) is 12.6. The summed E-state index contributed by atoms with van der Waals surface area (Å²) >= 11 is 0. The lowest BCUT2D eigenvalue weighted by molar-refractivity contribution is -0.123. The molecule has 0 aliphatic heterocycles. The molecule has 2 atom stereocenters. The maximum Gasteiger partial charge on any atom is 0.237 e. The first kappa shape index (κ1) is 27.3. The number of ketones is 1. The Labute approximate surface area is 213 Å². The quantitative estimate of drug-likeness (QED) is 0.366. The summed E-state index contributed by atoms with van der Waals surface area (Å²) in [6.45, 7) is 10.2. The van der Waals surface area contributed by atoms with Gasteiger partial charge in [0.1, 0.15) is 0 Å². The van der Waals surface area contributed by atoms with Gasteiger partial charge in [-0.3, -0.25) is 14.6 Å². The van der Waals surface area contributed by atoms with E-state index in [4.69, 9.17) is 10.2 Å². The number of nitrogens with one attached hydrogen (secondary N) is 1. The number of carbonyl (C=O) groups excluding carboxylic acids is 2. The molecule has 7 nitrogen and oxygen atoms in total. The molecule has 0 aliphatic rings. The van der Waals surface area contributed by atoms with E-state index in [9.17, 15) is 9.59 Å². The topological polar surface area (TPSA) is 111 Å². The Morgan fingerprint density at radius 3 is 2.33 bits per heavy atom. The Kier molecular flexibility index (Phi) is 9.15. The van der Waals surface area contributed by atoms with Crippen LogP contribution in [0, 0.1) is 11.3 Å². The summed E-state index contributed by atoms with van der Waals surface area (Å²) in [6.07, 6.45) is 5.44. The third kappa shape index (κ3) is 7.85. The van der Waals surface area contributed by atoms with Gasteiger partial charge in [0, 0.05) is 18.0 Å². The predicted octanol–water partition coefficient (Wildman–Crippen LogP) is 5.00. The van der Waals surface area contributed by atoms with Crippen LogP contribution in [0.1, 0.15) is 69.3 Å². The zero-order valence-corrected chi connectivity index (χ0v) is 22.0. The van der Waals surface area contributed by atoms with E-state index in [0.717, 1.165) is 11.1 Å². The van der Waals surface area contributed by atoms with Crippen LogP contribution < -0.4 is 11.1 Å². The Morgan fingerprint density at radius 1 is 1.06 bits per heavy atom. The predicted molar refractivity (Wildman–Crippen MR) is 141 cm³/mol. The van der Waals surface area contributed by atoms with E-state index < -0.39 is 12.1 Å². The molecule has 192 valence electrons. The number of hydrogen-bond donors (Lipinski definition) is 2. The number of pyridine rings is 1. The summed E-state index contributed by atoms with van der Waals surface area (Å²) < 4.78 is 6.05. The molecule has 7 heteroatoms. The second-order valence-electron chi connectivity index (χ2n) is 10.9. The SMILES string of the molecule is CC(C)Cc1nc(-c2ccncc2)oc1C(=O)C(CCc1ccccc1)NC(=O)C(N)CC(C)(C)C. The van der Waals surface area contributed by atoms with Crippen molar-refractivity contribution in [3.8, 4) is 11.5 Å². The highest BCUT2D eigenvalue weighted by molar-refractivity contribution is 6.01. The van der Waals surface area contributed by atoms with Gasteiger partial charge in [-0.15, -0.1) is 0 Å². The normalized spacial score (nSPS) is 13.4. The minimum atomic E-state index is -0.784. The zero-order valence-electron chi connectivity index (χ0n) is 22.0. The summed E-state index contributed by atoms with van der Waals surface area (Å²) in [5, 5.41) is 2.93. The largest absolute Gasteiger partial charge is 0.433 e. The number of carbonyl (C=O) groups is 2. The number of hydrogen-bond acceptors (Lipinski definition) is 6. The highest BCUT2D eigenvalue weighted by atomic mass is 16.4. The molecular weight excluding hydrogens is 452 g/mol. The van der Waals surface area contributed by atoms with Crippen LogP contribution in [0.2, 0.25) is 0 Å². The minimum absolute atomic E-state index is 0.116. The molecule has 36 heavy (non-hydrogen) atoms. The van der Waals surface area contributed by atoms with Gasteiger partial charge in [-0.25, -0.2) is 4.98 Å². The molecule has 2 aromatic heterocycles. The third-order valence-electron chi connectivity index (χ3n) is 5.82. The van der Waals surface area contributed by atoms with Crippen molar-refractivity contribution in [1.29, 1.82) is 0 Å². The summed E-state index contributed by atoms with van der Waals surface area (Å²) in [7, 11) is 0. The lowest BCUT2D eigenvalue weighted by atomic mass is 9.88. The molecule has 1 aromatic carbocycles. The standard InChI is InChI=1S/C29H38N4O3/c1-19(2)17-24-26(36-28(33-24)21-13-15-31-16-14-21)25(34)23(12-11-20-9-7-6-8-10-20)32-27(35)22(30)18-29(3,4)5/h6-10,13-16,19,22-23H,11-12,17-18,30H2,1-5H3,(H,32,35). The fourth-order valence-electron chi connectivity index (χ4n) is 4.10. The smallest absolute Gasteiger partial charge is 0.237 e. The van der Waals surface area contributed by atoms with Crippen molar-refractivity contribution in [2.45, 2.75) is 72.4 Å². The molecule has 3 rings (SSSR count). The fourth-order valence-corrected chi connectivity index (χ4v) is 4.10. The van der Waals surface area contributed by atoms with Gasteiger partial charge in [0.05, 0.1) is 17.8 Å². The lowest BCUT2D eigenvalue weighted by Gasteiger charge is -2.24. The van der Waals surface area contributed by atoms with E-state index in [2.05, 4.69) is 29.1 Å². The molecule has 0 bridgehead atoms. The van der Waals surface area contributed by atoms with Crippen LogP contribution in [0.5, 0.6) is 0 Å². The molecule has 1 amide bonds. The van der Waals surface area contributed by atoms with E-state index in [1.807, 2.05) is 51.1 Å². The number of nitrogens with two attached hydrogens (primary N) is 1. The van der Waals surface area contributed by atoms with Gasteiger partial charge in [-0.05, 0) is 54.7 Å². The zero-order chi connectivity index (χ0) is 26.3. The highest BCUT2D eigenvalue weighted by Gasteiger charge is 2.31. The fraction of sp³-hybridized carbons (Fsp3) is 0.448. The maximum atomic E-state index is 13.9. The first-order valence-electron chi connectivity index (χ1n) is 12.6. The molecule has 0 aliphatic carbocycles. The molecule has 0 spiro atoms. The number of rotatable bonds is 11. The van der Waals surface area contributed by atoms with Crippen LogP contribution in [0.25, 0.3) is 11.5 Å². The van der Waals surface area contributed by atoms with E-state index in [1.165, 1.54) is 0 Å². The van der Waals surface area contributed by atoms with E-state index in [0.29, 0.717) is 37.3 Å². The van der Waals surface area contributed by atoms with Gasteiger partial charge in [-0.2, -0.15) is 0 Å². The number of oxazole rings is 1. The molecule has 3 N–H and O–H groups in total. The third-order valence-corrected chi connectivity index (χ3v) is 5.82. The number of nitrogens with zero attached hydrogens (tertiary/aromatic N) is 2. The first-order chi connectivity index (χ1) is 17.0. The molecule has 2 unspecified atom stereocenters. The van der Waals surface area contributed by atoms with E-state index in [-0.39, 0.29) is 28.8 Å². The number of aromatic nitrogens is 2. The Hall–Kier alpha value is -3.32. The minimum Gasteiger partial charge on any atom is -0.433 e. The summed E-state index contributed by atoms with van der Waals surface area (Å²) in [4.78, 5) is 35.6. The van der Waals surface area contributed by atoms with Gasteiger partial charge in [-0.1, -0.05) is 65.0 Å². The second-order valence-corrected chi connectivity index (χ2v) is 10.9. The van der Waals surface area contributed by atoms with E-state index in [1.54, 1.807) is 24.5 Å². The van der Waals surface area contributed by atoms with Crippen molar-refractivity contribution in [2.75, 3.05) is 0 Å². The summed E-state index contributed by atoms with van der Waals surface area (Å²) in [5.74, 6) is 0.207. The number of Topliss-reactive ketones (excluding diaryl/α,β-unsaturated/α-hetero) is 1. The van der Waals surface area contributed by atoms with Crippen LogP contribution in [0.4, 0.5) is 0 Å². The van der Waals surface area contributed by atoms with Gasteiger partial charge in [0.25, 0.3) is 0 Å².